The van der Waals surface area contributed by atoms with Crippen LogP contribution in [0.1, 0.15) is 11.1 Å². The first-order valence-electron chi connectivity index (χ1n) is 5.79. The van der Waals surface area contributed by atoms with E-state index < -0.39 is 0 Å². The van der Waals surface area contributed by atoms with E-state index in [1.165, 1.54) is 0 Å². The van der Waals surface area contributed by atoms with Gasteiger partial charge in [0.2, 0.25) is 0 Å². The van der Waals surface area contributed by atoms with Gasteiger partial charge in [-0.15, -0.1) is 0 Å². The molecule has 2 aromatic rings. The summed E-state index contributed by atoms with van der Waals surface area (Å²) in [4.78, 5) is 6.20. The molecule has 2 rings (SSSR count). The van der Waals surface area contributed by atoms with Crippen LogP contribution in [-0.2, 0) is 13.1 Å². The van der Waals surface area contributed by atoms with Gasteiger partial charge in [-0.25, -0.2) is 0 Å². The lowest BCUT2D eigenvalue weighted by Crippen LogP contribution is -2.17. The zero-order chi connectivity index (χ0) is 13.0. The molecular formula is C14H16ClN3. The number of benzene rings is 1. The van der Waals surface area contributed by atoms with Crippen LogP contribution in [-0.4, -0.2) is 12.0 Å². The standard InChI is InChI=1S/C14H16ClN3/c1-18(10-12-3-2-6-17-9-12)14-5-4-11(8-16)7-13(14)15/h2-7,9H,8,10,16H2,1H3. The number of rotatable bonds is 4. The molecular weight excluding hydrogens is 246 g/mol. The lowest BCUT2D eigenvalue weighted by Gasteiger charge is -2.21. The number of hydrogen-bond donors (Lipinski definition) is 1. The van der Waals surface area contributed by atoms with Gasteiger partial charge in [-0.3, -0.25) is 4.98 Å². The van der Waals surface area contributed by atoms with Crippen LogP contribution in [0.5, 0.6) is 0 Å². The molecule has 2 N–H and O–H groups in total. The Labute approximate surface area is 112 Å². The Kier molecular flexibility index (Phi) is 4.18. The predicted octanol–water partition coefficient (Wildman–Crippen LogP) is 2.83. The summed E-state index contributed by atoms with van der Waals surface area (Å²) in [6, 6.07) is 9.90. The smallest absolute Gasteiger partial charge is 0.0642 e. The van der Waals surface area contributed by atoms with E-state index >= 15 is 0 Å². The van der Waals surface area contributed by atoms with E-state index in [-0.39, 0.29) is 0 Å². The van der Waals surface area contributed by atoms with E-state index in [0.29, 0.717) is 6.54 Å². The van der Waals surface area contributed by atoms with E-state index in [4.69, 9.17) is 17.3 Å². The lowest BCUT2D eigenvalue weighted by atomic mass is 10.2. The van der Waals surface area contributed by atoms with Crippen molar-refractivity contribution in [2.45, 2.75) is 13.1 Å². The summed E-state index contributed by atoms with van der Waals surface area (Å²) in [5, 5.41) is 0.726. The minimum atomic E-state index is 0.506. The molecule has 0 saturated heterocycles. The maximum atomic E-state index is 6.26. The van der Waals surface area contributed by atoms with Crippen molar-refractivity contribution < 1.29 is 0 Å². The SMILES string of the molecule is CN(Cc1cccnc1)c1ccc(CN)cc1Cl. The average Bonchev–Trinajstić information content (AvgIpc) is 2.39. The molecule has 3 nitrogen and oxygen atoms in total. The number of nitrogens with zero attached hydrogens (tertiary/aromatic N) is 2. The third-order valence-corrected chi connectivity index (χ3v) is 3.10. The number of halogens is 1. The molecule has 0 bridgehead atoms. The molecule has 94 valence electrons. The minimum absolute atomic E-state index is 0.506. The highest BCUT2D eigenvalue weighted by molar-refractivity contribution is 6.33. The van der Waals surface area contributed by atoms with Gasteiger partial charge in [0.15, 0.2) is 0 Å². The van der Waals surface area contributed by atoms with Crippen LogP contribution < -0.4 is 10.6 Å². The van der Waals surface area contributed by atoms with Gasteiger partial charge >= 0.3 is 0 Å². The summed E-state index contributed by atoms with van der Waals surface area (Å²) in [6.45, 7) is 1.28. The Hall–Kier alpha value is -1.58. The fourth-order valence-corrected chi connectivity index (χ4v) is 2.19. The second-order valence-electron chi connectivity index (χ2n) is 4.21. The van der Waals surface area contributed by atoms with Crippen molar-refractivity contribution >= 4 is 17.3 Å². The van der Waals surface area contributed by atoms with E-state index in [1.807, 2.05) is 43.6 Å². The number of aromatic nitrogens is 1. The summed E-state index contributed by atoms with van der Waals surface area (Å²) in [7, 11) is 2.01. The molecule has 1 aromatic heterocycles. The van der Waals surface area contributed by atoms with Crippen molar-refractivity contribution in [3.63, 3.8) is 0 Å². The van der Waals surface area contributed by atoms with Crippen LogP contribution in [0.25, 0.3) is 0 Å². The molecule has 0 radical (unpaired) electrons. The topological polar surface area (TPSA) is 42.2 Å². The van der Waals surface area contributed by atoms with Gasteiger partial charge in [-0.2, -0.15) is 0 Å². The fraction of sp³-hybridized carbons (Fsp3) is 0.214. The third kappa shape index (κ3) is 3.00. The highest BCUT2D eigenvalue weighted by atomic mass is 35.5. The van der Waals surface area contributed by atoms with Crippen LogP contribution in [0.4, 0.5) is 5.69 Å². The highest BCUT2D eigenvalue weighted by Crippen LogP contribution is 2.26. The second-order valence-corrected chi connectivity index (χ2v) is 4.61. The molecule has 0 fully saturated rings. The van der Waals surface area contributed by atoms with Crippen LogP contribution in [0.15, 0.2) is 42.7 Å². The minimum Gasteiger partial charge on any atom is -0.369 e. The molecule has 0 unspecified atom stereocenters. The number of hydrogen-bond acceptors (Lipinski definition) is 3. The molecule has 18 heavy (non-hydrogen) atoms. The van der Waals surface area contributed by atoms with E-state index in [0.717, 1.165) is 28.4 Å². The van der Waals surface area contributed by atoms with Gasteiger partial charge in [0, 0.05) is 32.5 Å². The molecule has 0 aliphatic heterocycles. The van der Waals surface area contributed by atoms with Crippen molar-refractivity contribution in [3.8, 4) is 0 Å². The second kappa shape index (κ2) is 5.85. The number of pyridine rings is 1. The first kappa shape index (κ1) is 12.9. The quantitative estimate of drug-likeness (QED) is 0.920. The number of nitrogens with two attached hydrogens (primary N) is 1. The number of anilines is 1. The van der Waals surface area contributed by atoms with Crippen LogP contribution in [0.3, 0.4) is 0 Å². The van der Waals surface area contributed by atoms with Crippen molar-refractivity contribution in [3.05, 3.63) is 58.9 Å². The maximum absolute atomic E-state index is 6.26. The van der Waals surface area contributed by atoms with E-state index in [2.05, 4.69) is 9.88 Å². The van der Waals surface area contributed by atoms with Gasteiger partial charge in [-0.05, 0) is 29.3 Å². The van der Waals surface area contributed by atoms with Crippen molar-refractivity contribution in [1.29, 1.82) is 0 Å². The molecule has 0 atom stereocenters. The molecule has 0 aliphatic rings. The van der Waals surface area contributed by atoms with Gasteiger partial charge in [-0.1, -0.05) is 23.7 Å². The van der Waals surface area contributed by atoms with Crippen LogP contribution in [0, 0.1) is 0 Å². The monoisotopic (exact) mass is 261 g/mol. The summed E-state index contributed by atoms with van der Waals surface area (Å²) in [5.74, 6) is 0. The van der Waals surface area contributed by atoms with Crippen molar-refractivity contribution in [1.82, 2.24) is 4.98 Å². The Morgan fingerprint density at radius 1 is 1.28 bits per heavy atom. The molecule has 0 spiro atoms. The molecule has 1 heterocycles. The molecule has 0 aliphatic carbocycles. The largest absolute Gasteiger partial charge is 0.369 e. The molecule has 1 aromatic carbocycles. The summed E-state index contributed by atoms with van der Waals surface area (Å²) in [6.07, 6.45) is 3.63. The van der Waals surface area contributed by atoms with Crippen LogP contribution >= 0.6 is 11.6 Å². The Balaban J connectivity index is 2.16. The Morgan fingerprint density at radius 3 is 2.72 bits per heavy atom. The van der Waals surface area contributed by atoms with Gasteiger partial charge in [0.1, 0.15) is 0 Å². The molecule has 0 amide bonds. The molecule has 4 heteroatoms. The lowest BCUT2D eigenvalue weighted by molar-refractivity contribution is 0.914. The van der Waals surface area contributed by atoms with E-state index in [1.54, 1.807) is 6.20 Å². The van der Waals surface area contributed by atoms with E-state index in [9.17, 15) is 0 Å². The average molecular weight is 262 g/mol. The first-order valence-corrected chi connectivity index (χ1v) is 6.17. The summed E-state index contributed by atoms with van der Waals surface area (Å²) >= 11 is 6.26. The fourth-order valence-electron chi connectivity index (χ4n) is 1.84. The van der Waals surface area contributed by atoms with Crippen molar-refractivity contribution in [2.75, 3.05) is 11.9 Å². The maximum Gasteiger partial charge on any atom is 0.0642 e. The zero-order valence-corrected chi connectivity index (χ0v) is 11.1. The Morgan fingerprint density at radius 2 is 2.11 bits per heavy atom. The van der Waals surface area contributed by atoms with Crippen molar-refractivity contribution in [2.24, 2.45) is 5.73 Å². The normalized spacial score (nSPS) is 10.4. The predicted molar refractivity (Wildman–Crippen MR) is 75.7 cm³/mol. The summed E-state index contributed by atoms with van der Waals surface area (Å²) in [5.41, 5.74) is 8.78. The van der Waals surface area contributed by atoms with Gasteiger partial charge < -0.3 is 10.6 Å². The highest BCUT2D eigenvalue weighted by Gasteiger charge is 2.07. The first-order chi connectivity index (χ1) is 8.70. The van der Waals surface area contributed by atoms with Crippen LogP contribution in [0.2, 0.25) is 5.02 Å². The zero-order valence-electron chi connectivity index (χ0n) is 10.3. The molecule has 0 saturated carbocycles. The summed E-state index contributed by atoms with van der Waals surface area (Å²) < 4.78 is 0. The van der Waals surface area contributed by atoms with Gasteiger partial charge in [0.25, 0.3) is 0 Å². The Bertz CT molecular complexity index is 514. The third-order valence-electron chi connectivity index (χ3n) is 2.80. The van der Waals surface area contributed by atoms with Gasteiger partial charge in [0.05, 0.1) is 10.7 Å².